The summed E-state index contributed by atoms with van der Waals surface area (Å²) in [6, 6.07) is 8.94. The van der Waals surface area contributed by atoms with E-state index in [0.29, 0.717) is 0 Å². The van der Waals surface area contributed by atoms with Crippen molar-refractivity contribution >= 4 is 23.4 Å². The highest BCUT2D eigenvalue weighted by atomic mass is 35.5. The Kier molecular flexibility index (Phi) is 5.71. The average Bonchev–Trinajstić information content (AvgIpc) is 2.24. The van der Waals surface area contributed by atoms with Crippen LogP contribution in [0.15, 0.2) is 29.2 Å². The zero-order chi connectivity index (χ0) is 12.0. The summed E-state index contributed by atoms with van der Waals surface area (Å²) in [6.07, 6.45) is 2.32. The highest BCUT2D eigenvalue weighted by Gasteiger charge is 2.12. The molecular formula is C14H21ClS. The Morgan fingerprint density at radius 2 is 1.69 bits per heavy atom. The van der Waals surface area contributed by atoms with Gasteiger partial charge in [-0.2, -0.15) is 0 Å². The normalized spacial score (nSPS) is 11.8. The molecule has 0 saturated heterocycles. The molecule has 1 aromatic carbocycles. The maximum atomic E-state index is 5.64. The minimum atomic E-state index is 0.252. The van der Waals surface area contributed by atoms with Crippen molar-refractivity contribution in [3.05, 3.63) is 29.8 Å². The molecule has 0 saturated carbocycles. The monoisotopic (exact) mass is 256 g/mol. The van der Waals surface area contributed by atoms with Gasteiger partial charge >= 0.3 is 0 Å². The molecule has 0 unspecified atom stereocenters. The molecule has 90 valence electrons. The molecule has 0 atom stereocenters. The summed E-state index contributed by atoms with van der Waals surface area (Å²) in [4.78, 5) is 1.36. The van der Waals surface area contributed by atoms with Gasteiger partial charge in [-0.1, -0.05) is 32.9 Å². The lowest BCUT2D eigenvalue weighted by molar-refractivity contribution is 0.590. The van der Waals surface area contributed by atoms with Gasteiger partial charge in [0.2, 0.25) is 0 Å². The molecule has 0 heterocycles. The molecule has 0 amide bonds. The summed E-state index contributed by atoms with van der Waals surface area (Å²) in [5.41, 5.74) is 1.65. The van der Waals surface area contributed by atoms with Crippen LogP contribution in [0.4, 0.5) is 0 Å². The van der Waals surface area contributed by atoms with E-state index in [4.69, 9.17) is 11.6 Å². The summed E-state index contributed by atoms with van der Waals surface area (Å²) in [5.74, 6) is 1.95. The Balaban J connectivity index is 2.46. The van der Waals surface area contributed by atoms with Crippen LogP contribution in [0.5, 0.6) is 0 Å². The summed E-state index contributed by atoms with van der Waals surface area (Å²) < 4.78 is 0. The van der Waals surface area contributed by atoms with Gasteiger partial charge in [-0.25, -0.2) is 0 Å². The van der Waals surface area contributed by atoms with Crippen LogP contribution in [0.3, 0.4) is 0 Å². The van der Waals surface area contributed by atoms with Crippen LogP contribution in [0.1, 0.15) is 39.2 Å². The average molecular weight is 257 g/mol. The molecule has 0 aromatic heterocycles. The first-order valence-corrected chi connectivity index (χ1v) is 7.35. The van der Waals surface area contributed by atoms with Crippen LogP contribution >= 0.6 is 23.4 Å². The summed E-state index contributed by atoms with van der Waals surface area (Å²) in [6.45, 7) is 6.74. The first-order valence-electron chi connectivity index (χ1n) is 5.83. The molecule has 0 aliphatic carbocycles. The van der Waals surface area contributed by atoms with Crippen molar-refractivity contribution in [1.82, 2.24) is 0 Å². The lowest BCUT2D eigenvalue weighted by atomic mass is 9.87. The minimum absolute atomic E-state index is 0.252. The molecular weight excluding hydrogens is 236 g/mol. The van der Waals surface area contributed by atoms with Crippen LogP contribution < -0.4 is 0 Å². The molecule has 0 spiro atoms. The van der Waals surface area contributed by atoms with E-state index in [9.17, 15) is 0 Å². The lowest BCUT2D eigenvalue weighted by Crippen LogP contribution is -2.10. The fraction of sp³-hybridized carbons (Fsp3) is 0.571. The second-order valence-corrected chi connectivity index (χ2v) is 6.57. The van der Waals surface area contributed by atoms with Crippen LogP contribution in [0, 0.1) is 0 Å². The molecule has 1 aromatic rings. The van der Waals surface area contributed by atoms with Gasteiger partial charge in [0.15, 0.2) is 0 Å². The quantitative estimate of drug-likeness (QED) is 0.402. The fourth-order valence-corrected chi connectivity index (χ4v) is 2.54. The number of unbranched alkanes of at least 4 members (excludes halogenated alkanes) is 1. The molecule has 0 nitrogen and oxygen atoms in total. The van der Waals surface area contributed by atoms with Crippen molar-refractivity contribution in [1.29, 1.82) is 0 Å². The van der Waals surface area contributed by atoms with Gasteiger partial charge in [0.05, 0.1) is 0 Å². The standard InChI is InChI=1S/C14H21ClS/c1-14(2,3)12-6-8-13(9-7-12)16-11-5-4-10-15/h6-9H,4-5,10-11H2,1-3H3. The van der Waals surface area contributed by atoms with Gasteiger partial charge in [0.1, 0.15) is 0 Å². The molecule has 2 heteroatoms. The molecule has 0 aliphatic heterocycles. The van der Waals surface area contributed by atoms with E-state index in [-0.39, 0.29) is 5.41 Å². The van der Waals surface area contributed by atoms with Crippen molar-refractivity contribution in [2.24, 2.45) is 0 Å². The molecule has 0 aliphatic rings. The van der Waals surface area contributed by atoms with Gasteiger partial charge in [-0.05, 0) is 41.7 Å². The first-order chi connectivity index (χ1) is 7.54. The summed E-state index contributed by atoms with van der Waals surface area (Å²) >= 11 is 7.57. The summed E-state index contributed by atoms with van der Waals surface area (Å²) in [5, 5.41) is 0. The lowest BCUT2D eigenvalue weighted by Gasteiger charge is -2.19. The molecule has 0 radical (unpaired) electrons. The zero-order valence-electron chi connectivity index (χ0n) is 10.4. The van der Waals surface area contributed by atoms with Gasteiger partial charge in [-0.15, -0.1) is 23.4 Å². The predicted molar refractivity (Wildman–Crippen MR) is 75.8 cm³/mol. The van der Waals surface area contributed by atoms with Gasteiger partial charge in [0, 0.05) is 10.8 Å². The molecule has 0 bridgehead atoms. The fourth-order valence-electron chi connectivity index (χ4n) is 1.44. The second-order valence-electron chi connectivity index (χ2n) is 5.02. The minimum Gasteiger partial charge on any atom is -0.127 e. The van der Waals surface area contributed by atoms with E-state index >= 15 is 0 Å². The van der Waals surface area contributed by atoms with Gasteiger partial charge < -0.3 is 0 Å². The largest absolute Gasteiger partial charge is 0.127 e. The SMILES string of the molecule is CC(C)(C)c1ccc(SCCCCCl)cc1. The number of hydrogen-bond donors (Lipinski definition) is 0. The molecule has 0 fully saturated rings. The second kappa shape index (κ2) is 6.56. The first kappa shape index (κ1) is 13.9. The number of thioether (sulfide) groups is 1. The number of benzene rings is 1. The van der Waals surface area contributed by atoms with Crippen molar-refractivity contribution in [2.75, 3.05) is 11.6 Å². The number of hydrogen-bond acceptors (Lipinski definition) is 1. The van der Waals surface area contributed by atoms with E-state index in [2.05, 4.69) is 45.0 Å². The van der Waals surface area contributed by atoms with Crippen molar-refractivity contribution < 1.29 is 0 Å². The number of halogens is 1. The zero-order valence-corrected chi connectivity index (χ0v) is 12.0. The van der Waals surface area contributed by atoms with Gasteiger partial charge in [0.25, 0.3) is 0 Å². The Hall–Kier alpha value is -0.140. The number of rotatable bonds is 5. The Morgan fingerprint density at radius 3 is 2.19 bits per heavy atom. The predicted octanol–water partition coefficient (Wildman–Crippen LogP) is 5.10. The number of alkyl halides is 1. The Labute approximate surface area is 109 Å². The van der Waals surface area contributed by atoms with Crippen molar-refractivity contribution in [3.63, 3.8) is 0 Å². The van der Waals surface area contributed by atoms with Crippen LogP contribution in [-0.4, -0.2) is 11.6 Å². The van der Waals surface area contributed by atoms with Gasteiger partial charge in [-0.3, -0.25) is 0 Å². The highest BCUT2D eigenvalue weighted by molar-refractivity contribution is 7.99. The third-order valence-electron chi connectivity index (χ3n) is 2.52. The smallest absolute Gasteiger partial charge is 0.0223 e. The van der Waals surface area contributed by atoms with E-state index in [1.165, 1.54) is 22.6 Å². The summed E-state index contributed by atoms with van der Waals surface area (Å²) in [7, 11) is 0. The van der Waals surface area contributed by atoms with Crippen molar-refractivity contribution in [2.45, 2.75) is 43.9 Å². The maximum absolute atomic E-state index is 5.64. The molecule has 0 N–H and O–H groups in total. The maximum Gasteiger partial charge on any atom is 0.0223 e. The van der Waals surface area contributed by atoms with E-state index in [1.807, 2.05) is 11.8 Å². The van der Waals surface area contributed by atoms with E-state index < -0.39 is 0 Å². The highest BCUT2D eigenvalue weighted by Crippen LogP contribution is 2.26. The van der Waals surface area contributed by atoms with Crippen molar-refractivity contribution in [3.8, 4) is 0 Å². The third-order valence-corrected chi connectivity index (χ3v) is 3.88. The molecule has 16 heavy (non-hydrogen) atoms. The van der Waals surface area contributed by atoms with E-state index in [1.54, 1.807) is 0 Å². The van der Waals surface area contributed by atoms with Crippen LogP contribution in [0.2, 0.25) is 0 Å². The molecule has 1 rings (SSSR count). The topological polar surface area (TPSA) is 0 Å². The Morgan fingerprint density at radius 1 is 1.06 bits per heavy atom. The Bertz CT molecular complexity index is 298. The van der Waals surface area contributed by atoms with Crippen LogP contribution in [-0.2, 0) is 5.41 Å². The third kappa shape index (κ3) is 4.80. The van der Waals surface area contributed by atoms with Crippen LogP contribution in [0.25, 0.3) is 0 Å². The van der Waals surface area contributed by atoms with E-state index in [0.717, 1.165) is 12.3 Å².